The molecule has 0 bridgehead atoms. The number of piperidine rings is 1. The molecule has 3 atom stereocenters. The number of benzene rings is 1. The number of likely N-dealkylation sites (tertiary alicyclic amines) is 1. The molecule has 43 heavy (non-hydrogen) atoms. The molecule has 5 rings (SSSR count). The normalized spacial score (nSPS) is 22.0. The fraction of sp³-hybridized carbons (Fsp3) is 0.629. The SMILES string of the molecule is Cn1c(=O)n(CC(C)(C)C)c2ccc(C3CCC(C)(C)C(C(CCNC(=O)c4ccccc4O)N4CCCCC4)C3)nc21. The molecule has 2 aromatic heterocycles. The standard InChI is InChI=1S/C35H51N5O3/c1-34(2,3)23-40-29-15-14-27(37-31(29)38(6)33(40)43)24-16-18-35(4,5)26(22-24)28(39-20-10-7-11-21-39)17-19-36-32(42)25-12-8-9-13-30(25)41/h8-9,12-15,24,26,28,41H,7,10-11,16-23H2,1-6H3,(H,36,42). The molecule has 1 aliphatic heterocycles. The number of amides is 1. The maximum Gasteiger partial charge on any atom is 0.330 e. The number of hydrogen-bond acceptors (Lipinski definition) is 5. The molecule has 3 unspecified atom stereocenters. The molecule has 2 fully saturated rings. The lowest BCUT2D eigenvalue weighted by molar-refractivity contribution is 0.0126. The van der Waals surface area contributed by atoms with Crippen LogP contribution in [0.25, 0.3) is 11.2 Å². The van der Waals surface area contributed by atoms with E-state index in [9.17, 15) is 14.7 Å². The van der Waals surface area contributed by atoms with Crippen LogP contribution in [0.2, 0.25) is 0 Å². The van der Waals surface area contributed by atoms with Crippen molar-refractivity contribution in [2.24, 2.45) is 23.8 Å². The van der Waals surface area contributed by atoms with Gasteiger partial charge in [0, 0.05) is 37.8 Å². The number of nitrogens with zero attached hydrogens (tertiary/aromatic N) is 4. The van der Waals surface area contributed by atoms with Crippen molar-refractivity contribution in [1.29, 1.82) is 0 Å². The van der Waals surface area contributed by atoms with Gasteiger partial charge >= 0.3 is 5.69 Å². The summed E-state index contributed by atoms with van der Waals surface area (Å²) in [5.41, 5.74) is 3.23. The lowest BCUT2D eigenvalue weighted by Crippen LogP contribution is -2.51. The molecule has 1 aromatic carbocycles. The second-order valence-corrected chi connectivity index (χ2v) is 14.9. The minimum absolute atomic E-state index is 0.00624. The van der Waals surface area contributed by atoms with Crippen LogP contribution in [-0.4, -0.2) is 55.7 Å². The molecule has 0 spiro atoms. The Morgan fingerprint density at radius 1 is 1.12 bits per heavy atom. The van der Waals surface area contributed by atoms with Crippen LogP contribution in [0.15, 0.2) is 41.2 Å². The van der Waals surface area contributed by atoms with E-state index in [1.165, 1.54) is 19.3 Å². The molecular weight excluding hydrogens is 538 g/mol. The van der Waals surface area contributed by atoms with E-state index in [4.69, 9.17) is 4.98 Å². The summed E-state index contributed by atoms with van der Waals surface area (Å²) in [7, 11) is 1.84. The Bertz CT molecular complexity index is 1490. The van der Waals surface area contributed by atoms with Crippen molar-refractivity contribution in [2.75, 3.05) is 19.6 Å². The van der Waals surface area contributed by atoms with Gasteiger partial charge in [-0.15, -0.1) is 0 Å². The van der Waals surface area contributed by atoms with Crippen LogP contribution in [0.5, 0.6) is 5.75 Å². The van der Waals surface area contributed by atoms with E-state index in [2.05, 4.69) is 57.0 Å². The lowest BCUT2D eigenvalue weighted by Gasteiger charge is -2.50. The van der Waals surface area contributed by atoms with E-state index < -0.39 is 0 Å². The molecule has 8 nitrogen and oxygen atoms in total. The van der Waals surface area contributed by atoms with Gasteiger partial charge in [0.05, 0.1) is 11.1 Å². The maximum atomic E-state index is 13.1. The highest BCUT2D eigenvalue weighted by molar-refractivity contribution is 5.96. The zero-order valence-corrected chi connectivity index (χ0v) is 27.0. The lowest BCUT2D eigenvalue weighted by atomic mass is 9.61. The number of carbonyl (C=O) groups excluding carboxylic acids is 1. The van der Waals surface area contributed by atoms with Crippen molar-refractivity contribution < 1.29 is 9.90 Å². The van der Waals surface area contributed by atoms with Crippen LogP contribution in [0.1, 0.15) is 102 Å². The third-order valence-corrected chi connectivity index (χ3v) is 9.93. The van der Waals surface area contributed by atoms with Crippen molar-refractivity contribution in [3.8, 4) is 5.75 Å². The third-order valence-electron chi connectivity index (χ3n) is 9.93. The summed E-state index contributed by atoms with van der Waals surface area (Å²) < 4.78 is 3.58. The van der Waals surface area contributed by atoms with E-state index in [1.54, 1.807) is 28.8 Å². The average molecular weight is 590 g/mol. The monoisotopic (exact) mass is 589 g/mol. The zero-order chi connectivity index (χ0) is 30.9. The van der Waals surface area contributed by atoms with Gasteiger partial charge in [0.2, 0.25) is 0 Å². The molecule has 3 aromatic rings. The smallest absolute Gasteiger partial charge is 0.330 e. The molecule has 1 saturated carbocycles. The fourth-order valence-corrected chi connectivity index (χ4v) is 7.55. The summed E-state index contributed by atoms with van der Waals surface area (Å²) in [6.07, 6.45) is 7.81. The summed E-state index contributed by atoms with van der Waals surface area (Å²) in [6, 6.07) is 11.3. The molecule has 0 radical (unpaired) electrons. The molecule has 8 heteroatoms. The number of nitrogens with one attached hydrogen (secondary N) is 1. The molecule has 2 N–H and O–H groups in total. The van der Waals surface area contributed by atoms with Gasteiger partial charge in [0.15, 0.2) is 5.65 Å². The number of aromatic hydroxyl groups is 1. The van der Waals surface area contributed by atoms with Crippen molar-refractivity contribution in [3.63, 3.8) is 0 Å². The number of rotatable bonds is 8. The van der Waals surface area contributed by atoms with E-state index >= 15 is 0 Å². The number of aryl methyl sites for hydroxylation is 1. The van der Waals surface area contributed by atoms with Crippen molar-refractivity contribution in [1.82, 2.24) is 24.3 Å². The van der Waals surface area contributed by atoms with Crippen molar-refractivity contribution in [3.05, 3.63) is 58.1 Å². The van der Waals surface area contributed by atoms with E-state index in [0.29, 0.717) is 36.5 Å². The molecule has 1 aliphatic carbocycles. The summed E-state index contributed by atoms with van der Waals surface area (Å²) in [4.78, 5) is 33.8. The van der Waals surface area contributed by atoms with Gasteiger partial charge in [-0.25, -0.2) is 9.78 Å². The van der Waals surface area contributed by atoms with Gasteiger partial charge in [-0.2, -0.15) is 0 Å². The number of carbonyl (C=O) groups is 1. The van der Waals surface area contributed by atoms with Gasteiger partial charge in [0.1, 0.15) is 5.75 Å². The highest BCUT2D eigenvalue weighted by Crippen LogP contribution is 2.49. The predicted molar refractivity (Wildman–Crippen MR) is 173 cm³/mol. The predicted octanol–water partition coefficient (Wildman–Crippen LogP) is 6.07. The average Bonchev–Trinajstić information content (AvgIpc) is 3.19. The largest absolute Gasteiger partial charge is 0.507 e. The van der Waals surface area contributed by atoms with Crippen molar-refractivity contribution >= 4 is 17.1 Å². The second kappa shape index (κ2) is 12.5. The summed E-state index contributed by atoms with van der Waals surface area (Å²) >= 11 is 0. The molecule has 3 heterocycles. The Morgan fingerprint density at radius 3 is 2.53 bits per heavy atom. The minimum Gasteiger partial charge on any atom is -0.507 e. The number of pyridine rings is 1. The van der Waals surface area contributed by atoms with Gasteiger partial charge in [-0.1, -0.05) is 53.2 Å². The Kier molecular flexibility index (Phi) is 9.07. The number of imidazole rings is 1. The first kappa shape index (κ1) is 31.3. The Hall–Kier alpha value is -3.13. The number of phenols is 1. The number of hydrogen-bond donors (Lipinski definition) is 2. The first-order valence-corrected chi connectivity index (χ1v) is 16.2. The number of para-hydroxylation sites is 1. The topological polar surface area (TPSA) is 92.4 Å². The van der Waals surface area contributed by atoms with Crippen LogP contribution >= 0.6 is 0 Å². The molecule has 234 valence electrons. The summed E-state index contributed by atoms with van der Waals surface area (Å²) in [6.45, 7) is 14.7. The first-order chi connectivity index (χ1) is 20.4. The highest BCUT2D eigenvalue weighted by atomic mass is 16.3. The van der Waals surface area contributed by atoms with E-state index in [0.717, 1.165) is 55.6 Å². The van der Waals surface area contributed by atoms with Crippen molar-refractivity contribution in [2.45, 2.75) is 98.1 Å². The zero-order valence-electron chi connectivity index (χ0n) is 27.0. The van der Waals surface area contributed by atoms with Gasteiger partial charge in [-0.3, -0.25) is 13.9 Å². The van der Waals surface area contributed by atoms with Crippen LogP contribution in [0, 0.1) is 16.7 Å². The Morgan fingerprint density at radius 2 is 1.84 bits per heavy atom. The first-order valence-electron chi connectivity index (χ1n) is 16.2. The highest BCUT2D eigenvalue weighted by Gasteiger charge is 2.43. The molecule has 1 amide bonds. The van der Waals surface area contributed by atoms with E-state index in [1.807, 2.05) is 11.6 Å². The fourth-order valence-electron chi connectivity index (χ4n) is 7.55. The van der Waals surface area contributed by atoms with Crippen LogP contribution in [0.3, 0.4) is 0 Å². The quantitative estimate of drug-likeness (QED) is 0.333. The van der Waals surface area contributed by atoms with E-state index in [-0.39, 0.29) is 28.2 Å². The molecular formula is C35H51N5O3. The Balaban J connectivity index is 1.38. The second-order valence-electron chi connectivity index (χ2n) is 14.9. The maximum absolute atomic E-state index is 13.1. The van der Waals surface area contributed by atoms with Crippen LogP contribution in [-0.2, 0) is 13.6 Å². The molecule has 2 aliphatic rings. The van der Waals surface area contributed by atoms with Gasteiger partial charge in [0.25, 0.3) is 5.91 Å². The van der Waals surface area contributed by atoms with Crippen LogP contribution in [0.4, 0.5) is 0 Å². The minimum atomic E-state index is -0.224. The number of fused-ring (bicyclic) bond motifs is 1. The summed E-state index contributed by atoms with van der Waals surface area (Å²) in [5, 5.41) is 13.3. The number of aromatic nitrogens is 3. The van der Waals surface area contributed by atoms with Gasteiger partial charge < -0.3 is 15.3 Å². The third kappa shape index (κ3) is 6.84. The number of phenolic OH excluding ortho intramolecular Hbond substituents is 1. The van der Waals surface area contributed by atoms with Gasteiger partial charge in [-0.05, 0) is 92.6 Å². The summed E-state index contributed by atoms with van der Waals surface area (Å²) in [5.74, 6) is 0.558. The Labute approximate surface area is 256 Å². The molecule has 1 saturated heterocycles. The van der Waals surface area contributed by atoms with Crippen LogP contribution < -0.4 is 11.0 Å².